The number of morpholine rings is 1. The molecule has 8 aromatic rings. The van der Waals surface area contributed by atoms with E-state index in [2.05, 4.69) is 144 Å². The average molecular weight is 742 g/mol. The van der Waals surface area contributed by atoms with Gasteiger partial charge in [0.2, 0.25) is 0 Å². The van der Waals surface area contributed by atoms with Crippen molar-refractivity contribution in [1.29, 1.82) is 0 Å². The number of anilines is 1. The second kappa shape index (κ2) is 12.0. The molecule has 1 unspecified atom stereocenters. The summed E-state index contributed by atoms with van der Waals surface area (Å²) in [7, 11) is 3.44. The maximum atomic E-state index is 7.80. The summed E-state index contributed by atoms with van der Waals surface area (Å²) in [6, 6.07) is 51.0. The van der Waals surface area contributed by atoms with E-state index in [4.69, 9.17) is 18.9 Å². The number of benzene rings is 8. The second-order valence-corrected chi connectivity index (χ2v) is 15.6. The van der Waals surface area contributed by atoms with Gasteiger partial charge < -0.3 is 23.8 Å². The molecule has 0 saturated carbocycles. The van der Waals surface area contributed by atoms with Crippen molar-refractivity contribution in [3.63, 3.8) is 0 Å². The summed E-state index contributed by atoms with van der Waals surface area (Å²) in [5, 5.41) is 7.37. The molecule has 5 nitrogen and oxygen atoms in total. The van der Waals surface area contributed by atoms with E-state index >= 15 is 0 Å². The zero-order valence-electron chi connectivity index (χ0n) is 31.8. The van der Waals surface area contributed by atoms with Crippen molar-refractivity contribution in [2.45, 2.75) is 11.0 Å². The molecule has 57 heavy (non-hydrogen) atoms. The van der Waals surface area contributed by atoms with Gasteiger partial charge in [0.25, 0.3) is 0 Å². The Labute approximate surface area is 331 Å². The quantitative estimate of drug-likeness (QED) is 0.164. The van der Waals surface area contributed by atoms with Crippen molar-refractivity contribution in [1.82, 2.24) is 0 Å². The number of hydrogen-bond acceptors (Lipinski definition) is 5. The van der Waals surface area contributed by atoms with Gasteiger partial charge in [0.15, 0.2) is 5.60 Å². The van der Waals surface area contributed by atoms with Gasteiger partial charge in [-0.15, -0.1) is 0 Å². The minimum Gasteiger partial charge on any atom is -0.497 e. The van der Waals surface area contributed by atoms with E-state index in [1.807, 2.05) is 12.1 Å². The lowest BCUT2D eigenvalue weighted by molar-refractivity contribution is 0.122. The Morgan fingerprint density at radius 3 is 1.91 bits per heavy atom. The third-order valence-electron chi connectivity index (χ3n) is 13.1. The molecule has 1 atom stereocenters. The van der Waals surface area contributed by atoms with Crippen molar-refractivity contribution in [2.24, 2.45) is 0 Å². The molecule has 0 N–H and O–H groups in total. The molecule has 5 heteroatoms. The van der Waals surface area contributed by atoms with Gasteiger partial charge in [0, 0.05) is 40.9 Å². The van der Waals surface area contributed by atoms with Gasteiger partial charge >= 0.3 is 0 Å². The van der Waals surface area contributed by atoms with E-state index in [1.165, 1.54) is 60.6 Å². The number of fused-ring (bicyclic) bond motifs is 12. The van der Waals surface area contributed by atoms with E-state index < -0.39 is 11.0 Å². The Morgan fingerprint density at radius 1 is 0.596 bits per heavy atom. The molecule has 2 aliphatic heterocycles. The van der Waals surface area contributed by atoms with E-state index in [0.29, 0.717) is 0 Å². The summed E-state index contributed by atoms with van der Waals surface area (Å²) >= 11 is 0. The van der Waals surface area contributed by atoms with Crippen LogP contribution in [0.5, 0.6) is 17.2 Å². The third kappa shape index (κ3) is 4.27. The van der Waals surface area contributed by atoms with Crippen molar-refractivity contribution in [3.05, 3.63) is 185 Å². The Kier molecular flexibility index (Phi) is 6.86. The predicted octanol–water partition coefficient (Wildman–Crippen LogP) is 11.0. The molecular weight excluding hydrogens is 703 g/mol. The first kappa shape index (κ1) is 32.7. The van der Waals surface area contributed by atoms with Gasteiger partial charge in [-0.1, -0.05) is 103 Å². The van der Waals surface area contributed by atoms with E-state index in [0.717, 1.165) is 71.0 Å². The van der Waals surface area contributed by atoms with Gasteiger partial charge in [-0.3, -0.25) is 0 Å². The van der Waals surface area contributed by atoms with Crippen LogP contribution in [0.3, 0.4) is 0 Å². The van der Waals surface area contributed by atoms with Crippen LogP contribution in [0.2, 0.25) is 0 Å². The molecule has 0 amide bonds. The molecule has 276 valence electrons. The summed E-state index contributed by atoms with van der Waals surface area (Å²) in [6.07, 6.45) is 4.64. The molecule has 4 aliphatic rings. The molecule has 1 spiro atoms. The summed E-state index contributed by atoms with van der Waals surface area (Å²) in [6.45, 7) is 3.23. The molecule has 2 aliphatic carbocycles. The van der Waals surface area contributed by atoms with Gasteiger partial charge in [0.05, 0.1) is 32.8 Å². The first-order valence-electron chi connectivity index (χ1n) is 19.8. The number of rotatable bonds is 5. The van der Waals surface area contributed by atoms with Crippen LogP contribution in [-0.2, 0) is 15.8 Å². The van der Waals surface area contributed by atoms with Crippen LogP contribution in [0.4, 0.5) is 5.69 Å². The van der Waals surface area contributed by atoms with Crippen LogP contribution >= 0.6 is 0 Å². The average Bonchev–Trinajstić information content (AvgIpc) is 3.77. The maximum absolute atomic E-state index is 7.80. The van der Waals surface area contributed by atoms with Crippen LogP contribution in [-0.4, -0.2) is 40.5 Å². The van der Waals surface area contributed by atoms with Crippen molar-refractivity contribution >= 4 is 44.1 Å². The molecule has 12 rings (SSSR count). The summed E-state index contributed by atoms with van der Waals surface area (Å²) in [5.41, 5.74) is 10.6. The van der Waals surface area contributed by atoms with Gasteiger partial charge in [-0.2, -0.15) is 0 Å². The second-order valence-electron chi connectivity index (χ2n) is 15.6. The first-order valence-corrected chi connectivity index (χ1v) is 19.8. The fraction of sp³-hybridized carbons (Fsp3) is 0.154. The Hall–Kier alpha value is -6.56. The van der Waals surface area contributed by atoms with E-state index in [9.17, 15) is 0 Å². The monoisotopic (exact) mass is 741 g/mol. The zero-order chi connectivity index (χ0) is 37.9. The fourth-order valence-electron chi connectivity index (χ4n) is 10.6. The van der Waals surface area contributed by atoms with Crippen molar-refractivity contribution < 1.29 is 18.9 Å². The van der Waals surface area contributed by atoms with Crippen LogP contribution in [0, 0.1) is 0 Å². The van der Waals surface area contributed by atoms with Crippen molar-refractivity contribution in [2.75, 3.05) is 45.4 Å². The summed E-state index contributed by atoms with van der Waals surface area (Å²) < 4.78 is 25.0. The first-order chi connectivity index (χ1) is 28.1. The number of methoxy groups -OCH3 is 2. The largest absolute Gasteiger partial charge is 0.497 e. The predicted molar refractivity (Wildman–Crippen MR) is 229 cm³/mol. The van der Waals surface area contributed by atoms with E-state index in [1.54, 1.807) is 14.2 Å². The van der Waals surface area contributed by atoms with Crippen LogP contribution in [0.15, 0.2) is 146 Å². The minimum absolute atomic E-state index is 0.555. The zero-order valence-corrected chi connectivity index (χ0v) is 31.8. The van der Waals surface area contributed by atoms with Crippen LogP contribution in [0.25, 0.3) is 49.5 Å². The lowest BCUT2D eigenvalue weighted by atomic mass is 9.68. The highest BCUT2D eigenvalue weighted by molar-refractivity contribution is 6.19. The smallest absolute Gasteiger partial charge is 0.178 e. The number of ether oxygens (including phenoxy) is 4. The highest BCUT2D eigenvalue weighted by atomic mass is 16.5. The lowest BCUT2D eigenvalue weighted by Gasteiger charge is -2.39. The molecule has 0 aromatic heterocycles. The molecular formula is C52H39NO4. The maximum Gasteiger partial charge on any atom is 0.178 e. The number of nitrogens with zero attached hydrogens (tertiary/aromatic N) is 1. The molecule has 1 fully saturated rings. The van der Waals surface area contributed by atoms with Gasteiger partial charge in [-0.05, 0) is 109 Å². The fourth-order valence-corrected chi connectivity index (χ4v) is 10.6. The SMILES string of the molecule is COc1ccc(C2(c3ccc(N4CCOCC4)cc3)C=Cc3c4c(c5ccc(OC)cc5c3O2)-c2ccccc2C42c3cccc4ccc5cccc2c5c34)cc1. The minimum atomic E-state index is -0.940. The highest BCUT2D eigenvalue weighted by Gasteiger charge is 2.54. The normalized spacial score (nSPS) is 18.2. The Bertz CT molecular complexity index is 2930. The lowest BCUT2D eigenvalue weighted by Crippen LogP contribution is -2.37. The molecule has 2 heterocycles. The Morgan fingerprint density at radius 2 is 1.23 bits per heavy atom. The highest BCUT2D eigenvalue weighted by Crippen LogP contribution is 2.66. The van der Waals surface area contributed by atoms with E-state index in [-0.39, 0.29) is 0 Å². The van der Waals surface area contributed by atoms with Crippen LogP contribution < -0.4 is 19.1 Å². The van der Waals surface area contributed by atoms with Gasteiger partial charge in [-0.25, -0.2) is 0 Å². The standard InChI is InChI=1S/C52H39NO4/c1-54-37-21-17-35(18-22-37)51(34-15-19-36(20-16-34)53-27-29-56-30-28-53)26-25-41-49-48(39-24-23-38(55-2)31-42(39)50(41)57-51)40-9-3-4-10-43(40)52(49)44-11-5-7-32-13-14-33-8-6-12-45(52)47(33)46(32)44/h3-26,31H,27-30H2,1-2H3. The summed E-state index contributed by atoms with van der Waals surface area (Å²) in [5.74, 6) is 2.44. The van der Waals surface area contributed by atoms with Crippen LogP contribution in [0.1, 0.15) is 38.9 Å². The molecule has 8 aromatic carbocycles. The molecule has 1 saturated heterocycles. The summed E-state index contributed by atoms with van der Waals surface area (Å²) in [4.78, 5) is 2.39. The Balaban J connectivity index is 1.17. The van der Waals surface area contributed by atoms with Gasteiger partial charge in [0.1, 0.15) is 17.2 Å². The number of hydrogen-bond donors (Lipinski definition) is 0. The topological polar surface area (TPSA) is 40.2 Å². The molecule has 0 radical (unpaired) electrons. The third-order valence-corrected chi connectivity index (χ3v) is 13.1. The molecule has 0 bridgehead atoms. The van der Waals surface area contributed by atoms with Crippen molar-refractivity contribution in [3.8, 4) is 28.4 Å².